The minimum atomic E-state index is -5.03. The van der Waals surface area contributed by atoms with Gasteiger partial charge in [0.25, 0.3) is 5.91 Å². The van der Waals surface area contributed by atoms with Crippen molar-refractivity contribution in [3.8, 4) is 0 Å². The quantitative estimate of drug-likeness (QED) is 0.671. The minimum Gasteiger partial charge on any atom is -0.323 e. The van der Waals surface area contributed by atoms with E-state index in [4.69, 9.17) is 0 Å². The first kappa shape index (κ1) is 15.3. The van der Waals surface area contributed by atoms with Crippen molar-refractivity contribution in [3.63, 3.8) is 0 Å². The number of carbonyl (C=O) groups excluding carboxylic acids is 2. The molecule has 2 amide bonds. The molecule has 1 atom stereocenters. The molecule has 114 valence electrons. The number of halogens is 3. The van der Waals surface area contributed by atoms with E-state index in [1.807, 2.05) is 0 Å². The maximum absolute atomic E-state index is 12.5. The van der Waals surface area contributed by atoms with E-state index in [-0.39, 0.29) is 30.1 Å². The first-order valence-corrected chi connectivity index (χ1v) is 6.28. The summed E-state index contributed by atoms with van der Waals surface area (Å²) in [6.45, 7) is -0.155. The first-order valence-electron chi connectivity index (χ1n) is 6.28. The molecule has 1 aliphatic rings. The van der Waals surface area contributed by atoms with Crippen molar-refractivity contribution in [1.82, 2.24) is 4.90 Å². The Bertz CT molecular complexity index is 533. The van der Waals surface area contributed by atoms with Crippen LogP contribution in [0.5, 0.6) is 0 Å². The van der Waals surface area contributed by atoms with E-state index in [0.29, 0.717) is 4.90 Å². The summed E-state index contributed by atoms with van der Waals surface area (Å²) >= 11 is 0. The zero-order valence-electron chi connectivity index (χ0n) is 10.9. The number of benzene rings is 1. The smallest absolute Gasteiger partial charge is 0.323 e. The molecule has 1 aromatic rings. The van der Waals surface area contributed by atoms with Crippen molar-refractivity contribution < 1.29 is 28.0 Å². The summed E-state index contributed by atoms with van der Waals surface area (Å²) in [5.41, 5.74) is 0.133. The van der Waals surface area contributed by atoms with Gasteiger partial charge in [0, 0.05) is 6.54 Å². The van der Waals surface area contributed by atoms with Crippen LogP contribution in [0.2, 0.25) is 0 Å². The molecular weight excluding hydrogens is 289 g/mol. The average molecular weight is 302 g/mol. The van der Waals surface area contributed by atoms with Gasteiger partial charge in [0.05, 0.1) is 5.69 Å². The fourth-order valence-electron chi connectivity index (χ4n) is 2.27. The van der Waals surface area contributed by atoms with Crippen molar-refractivity contribution in [2.45, 2.75) is 25.1 Å². The molecule has 1 unspecified atom stereocenters. The highest BCUT2D eigenvalue weighted by Crippen LogP contribution is 2.27. The van der Waals surface area contributed by atoms with E-state index in [9.17, 15) is 28.0 Å². The lowest BCUT2D eigenvalue weighted by Gasteiger charge is -2.27. The SMILES string of the molecule is O=C(C1CCCN1C(=O)C(F)(F)F)N(O)c1ccccc1. The third kappa shape index (κ3) is 3.15. The van der Waals surface area contributed by atoms with E-state index in [2.05, 4.69) is 0 Å². The van der Waals surface area contributed by atoms with Gasteiger partial charge in [-0.1, -0.05) is 18.2 Å². The molecule has 2 rings (SSSR count). The zero-order chi connectivity index (χ0) is 15.6. The predicted octanol–water partition coefficient (Wildman–Crippen LogP) is 1.96. The summed E-state index contributed by atoms with van der Waals surface area (Å²) in [5, 5.41) is 10.1. The lowest BCUT2D eigenvalue weighted by molar-refractivity contribution is -0.186. The lowest BCUT2D eigenvalue weighted by atomic mass is 10.2. The fourth-order valence-corrected chi connectivity index (χ4v) is 2.27. The Morgan fingerprint density at radius 2 is 1.86 bits per heavy atom. The van der Waals surface area contributed by atoms with E-state index >= 15 is 0 Å². The Kier molecular flexibility index (Phi) is 4.17. The summed E-state index contributed by atoms with van der Waals surface area (Å²) in [4.78, 5) is 23.9. The maximum Gasteiger partial charge on any atom is 0.471 e. The summed E-state index contributed by atoms with van der Waals surface area (Å²) in [6.07, 6.45) is -4.67. The second-order valence-corrected chi connectivity index (χ2v) is 4.64. The number of likely N-dealkylation sites (tertiary alicyclic amines) is 1. The van der Waals surface area contributed by atoms with Crippen LogP contribution in [0.15, 0.2) is 30.3 Å². The van der Waals surface area contributed by atoms with E-state index < -0.39 is 24.0 Å². The van der Waals surface area contributed by atoms with Crippen LogP contribution in [0.3, 0.4) is 0 Å². The zero-order valence-corrected chi connectivity index (χ0v) is 10.9. The van der Waals surface area contributed by atoms with Crippen LogP contribution in [-0.4, -0.2) is 40.7 Å². The van der Waals surface area contributed by atoms with Crippen molar-refractivity contribution in [1.29, 1.82) is 0 Å². The highest BCUT2D eigenvalue weighted by molar-refractivity contribution is 5.98. The Morgan fingerprint density at radius 1 is 1.24 bits per heavy atom. The van der Waals surface area contributed by atoms with Crippen LogP contribution in [0, 0.1) is 0 Å². The highest BCUT2D eigenvalue weighted by Gasteiger charge is 2.48. The van der Waals surface area contributed by atoms with Crippen molar-refractivity contribution >= 4 is 17.5 Å². The second-order valence-electron chi connectivity index (χ2n) is 4.64. The summed E-state index contributed by atoms with van der Waals surface area (Å²) in [7, 11) is 0. The molecule has 8 heteroatoms. The number of rotatable bonds is 2. The Balaban J connectivity index is 2.16. The monoisotopic (exact) mass is 302 g/mol. The summed E-state index contributed by atoms with van der Waals surface area (Å²) < 4.78 is 37.4. The molecule has 5 nitrogen and oxygen atoms in total. The molecule has 1 heterocycles. The normalized spacial score (nSPS) is 18.7. The van der Waals surface area contributed by atoms with Crippen LogP contribution in [-0.2, 0) is 9.59 Å². The van der Waals surface area contributed by atoms with Gasteiger partial charge >= 0.3 is 12.1 Å². The topological polar surface area (TPSA) is 60.9 Å². The van der Waals surface area contributed by atoms with Crippen LogP contribution >= 0.6 is 0 Å². The van der Waals surface area contributed by atoms with Gasteiger partial charge in [0.2, 0.25) is 0 Å². The van der Waals surface area contributed by atoms with E-state index in [0.717, 1.165) is 0 Å². The molecule has 1 fully saturated rings. The first-order chi connectivity index (χ1) is 9.82. The lowest BCUT2D eigenvalue weighted by Crippen LogP contribution is -2.50. The minimum absolute atomic E-state index is 0.0878. The van der Waals surface area contributed by atoms with Gasteiger partial charge in [-0.25, -0.2) is 0 Å². The molecule has 0 bridgehead atoms. The second kappa shape index (κ2) is 5.72. The van der Waals surface area contributed by atoms with Gasteiger partial charge in [-0.05, 0) is 25.0 Å². The molecule has 0 aliphatic carbocycles. The number of hydrogen-bond donors (Lipinski definition) is 1. The van der Waals surface area contributed by atoms with Gasteiger partial charge in [-0.15, -0.1) is 0 Å². The number of anilines is 1. The van der Waals surface area contributed by atoms with Gasteiger partial charge in [-0.3, -0.25) is 14.8 Å². The number of amides is 2. The molecule has 1 N–H and O–H groups in total. The van der Waals surface area contributed by atoms with E-state index in [1.165, 1.54) is 12.1 Å². The number of hydroxylamine groups is 1. The van der Waals surface area contributed by atoms with E-state index in [1.54, 1.807) is 18.2 Å². The van der Waals surface area contributed by atoms with Gasteiger partial charge in [-0.2, -0.15) is 18.2 Å². The molecule has 1 aliphatic heterocycles. The fraction of sp³-hybridized carbons (Fsp3) is 0.385. The third-order valence-corrected chi connectivity index (χ3v) is 3.25. The Morgan fingerprint density at radius 3 is 2.43 bits per heavy atom. The molecule has 1 saturated heterocycles. The standard InChI is InChI=1S/C13H13F3N2O3/c14-13(15,16)12(20)17-8-4-7-10(17)11(19)18(21)9-5-2-1-3-6-9/h1-3,5-6,10,21H,4,7-8H2. The number of nitrogens with zero attached hydrogens (tertiary/aromatic N) is 2. The van der Waals surface area contributed by atoms with Crippen LogP contribution in [0.4, 0.5) is 18.9 Å². The van der Waals surface area contributed by atoms with Crippen molar-refractivity contribution in [2.24, 2.45) is 0 Å². The number of carbonyl (C=O) groups is 2. The Labute approximate surface area is 118 Å². The largest absolute Gasteiger partial charge is 0.471 e. The van der Waals surface area contributed by atoms with Crippen LogP contribution < -0.4 is 5.06 Å². The molecule has 0 saturated carbocycles. The number of hydrogen-bond acceptors (Lipinski definition) is 3. The third-order valence-electron chi connectivity index (χ3n) is 3.25. The summed E-state index contributed by atoms with van der Waals surface area (Å²) in [6, 6.07) is 6.37. The highest BCUT2D eigenvalue weighted by atomic mass is 19.4. The molecule has 0 spiro atoms. The molecular formula is C13H13F3N2O3. The van der Waals surface area contributed by atoms with Crippen LogP contribution in [0.25, 0.3) is 0 Å². The van der Waals surface area contributed by atoms with Crippen molar-refractivity contribution in [3.05, 3.63) is 30.3 Å². The predicted molar refractivity (Wildman–Crippen MR) is 66.5 cm³/mol. The van der Waals surface area contributed by atoms with Gasteiger partial charge < -0.3 is 4.90 Å². The number of alkyl halides is 3. The summed E-state index contributed by atoms with van der Waals surface area (Å²) in [5.74, 6) is -3.00. The average Bonchev–Trinajstić information content (AvgIpc) is 2.94. The van der Waals surface area contributed by atoms with Gasteiger partial charge in [0.1, 0.15) is 6.04 Å². The van der Waals surface area contributed by atoms with Crippen LogP contribution in [0.1, 0.15) is 12.8 Å². The van der Waals surface area contributed by atoms with Crippen molar-refractivity contribution in [2.75, 3.05) is 11.6 Å². The molecule has 0 radical (unpaired) electrons. The molecule has 21 heavy (non-hydrogen) atoms. The van der Waals surface area contributed by atoms with Gasteiger partial charge in [0.15, 0.2) is 0 Å². The Hall–Kier alpha value is -2.09. The maximum atomic E-state index is 12.5. The molecule has 0 aromatic heterocycles. The molecule has 1 aromatic carbocycles. The number of para-hydroxylation sites is 1.